The molecule has 0 bridgehead atoms. The summed E-state index contributed by atoms with van der Waals surface area (Å²) in [4.78, 5) is 23.5. The van der Waals surface area contributed by atoms with Crippen molar-refractivity contribution in [2.75, 3.05) is 13.1 Å². The summed E-state index contributed by atoms with van der Waals surface area (Å²) in [5, 5.41) is 3.37. The summed E-state index contributed by atoms with van der Waals surface area (Å²) in [7, 11) is 0. The van der Waals surface area contributed by atoms with Crippen LogP contribution in [0.15, 0.2) is 42.7 Å². The van der Waals surface area contributed by atoms with Crippen LogP contribution in [-0.4, -0.2) is 39.9 Å². The van der Waals surface area contributed by atoms with Crippen molar-refractivity contribution in [3.8, 4) is 0 Å². The average molecular weight is 324 g/mol. The molecule has 5 nitrogen and oxygen atoms in total. The number of carbonyl (C=O) groups is 1. The molecule has 0 radical (unpaired) electrons. The largest absolute Gasteiger partial charge is 0.330 e. The van der Waals surface area contributed by atoms with E-state index >= 15 is 0 Å². The summed E-state index contributed by atoms with van der Waals surface area (Å²) in [5.41, 5.74) is 2.55. The highest BCUT2D eigenvalue weighted by Crippen LogP contribution is 2.18. The predicted molar refractivity (Wildman–Crippen MR) is 93.6 cm³/mol. The summed E-state index contributed by atoms with van der Waals surface area (Å²) in [5.74, 6) is 0.00264. The number of nitrogens with one attached hydrogen (secondary N) is 1. The number of carbonyl (C=O) groups excluding carboxylic acids is 1. The fourth-order valence-electron chi connectivity index (χ4n) is 3.12. The molecule has 0 unspecified atom stereocenters. The maximum absolute atomic E-state index is 13.1. The minimum absolute atomic E-state index is 0.00264. The molecule has 3 rings (SSSR count). The van der Waals surface area contributed by atoms with Gasteiger partial charge in [0.25, 0.3) is 5.91 Å². The van der Waals surface area contributed by atoms with E-state index in [0.717, 1.165) is 43.6 Å². The Morgan fingerprint density at radius 1 is 1.21 bits per heavy atom. The third-order valence-electron chi connectivity index (χ3n) is 4.51. The van der Waals surface area contributed by atoms with Gasteiger partial charge >= 0.3 is 0 Å². The minimum atomic E-state index is 0.00264. The van der Waals surface area contributed by atoms with E-state index in [1.165, 1.54) is 6.33 Å². The lowest BCUT2D eigenvalue weighted by atomic mass is 10.0. The number of aromatic nitrogens is 2. The summed E-state index contributed by atoms with van der Waals surface area (Å²) >= 11 is 0. The molecule has 24 heavy (non-hydrogen) atoms. The van der Waals surface area contributed by atoms with Crippen molar-refractivity contribution in [1.82, 2.24) is 20.2 Å². The van der Waals surface area contributed by atoms with E-state index in [1.807, 2.05) is 36.1 Å². The number of nitrogens with zero attached hydrogens (tertiary/aromatic N) is 3. The van der Waals surface area contributed by atoms with Gasteiger partial charge in [-0.25, -0.2) is 9.97 Å². The van der Waals surface area contributed by atoms with E-state index < -0.39 is 0 Å². The molecule has 1 aliphatic rings. The molecule has 1 saturated heterocycles. The van der Waals surface area contributed by atoms with E-state index in [4.69, 9.17) is 0 Å². The number of rotatable bonds is 5. The van der Waals surface area contributed by atoms with Crippen LogP contribution in [0.1, 0.15) is 41.5 Å². The number of hydrogen-bond acceptors (Lipinski definition) is 4. The molecule has 1 fully saturated rings. The van der Waals surface area contributed by atoms with Gasteiger partial charge in [0.1, 0.15) is 12.0 Å². The maximum Gasteiger partial charge on any atom is 0.273 e. The first-order valence-electron chi connectivity index (χ1n) is 8.64. The normalized spacial score (nSPS) is 15.2. The SMILES string of the molecule is CCc1cc(C(=O)N(Cc2ccccc2)C2CCNCC2)ncn1. The van der Waals surface area contributed by atoms with Crippen molar-refractivity contribution >= 4 is 5.91 Å². The van der Waals surface area contributed by atoms with E-state index in [0.29, 0.717) is 12.2 Å². The second-order valence-corrected chi connectivity index (χ2v) is 6.15. The highest BCUT2D eigenvalue weighted by Gasteiger charge is 2.27. The molecule has 0 spiro atoms. The molecule has 5 heteroatoms. The van der Waals surface area contributed by atoms with Gasteiger partial charge in [-0.15, -0.1) is 0 Å². The molecule has 0 saturated carbocycles. The second-order valence-electron chi connectivity index (χ2n) is 6.15. The van der Waals surface area contributed by atoms with Crippen LogP contribution in [0, 0.1) is 0 Å². The van der Waals surface area contributed by atoms with Crippen LogP contribution in [-0.2, 0) is 13.0 Å². The number of piperidine rings is 1. The second kappa shape index (κ2) is 8.02. The van der Waals surface area contributed by atoms with Crippen LogP contribution < -0.4 is 5.32 Å². The molecule has 1 aromatic heterocycles. The van der Waals surface area contributed by atoms with E-state index in [1.54, 1.807) is 0 Å². The van der Waals surface area contributed by atoms with Gasteiger partial charge in [0.15, 0.2) is 0 Å². The lowest BCUT2D eigenvalue weighted by Crippen LogP contribution is -2.46. The Morgan fingerprint density at radius 2 is 1.96 bits per heavy atom. The van der Waals surface area contributed by atoms with Crippen LogP contribution in [0.3, 0.4) is 0 Å². The molecular formula is C19H24N4O. The van der Waals surface area contributed by atoms with Crippen molar-refractivity contribution in [2.24, 2.45) is 0 Å². The molecule has 0 atom stereocenters. The monoisotopic (exact) mass is 324 g/mol. The summed E-state index contributed by atoms with van der Waals surface area (Å²) in [6.07, 6.45) is 4.25. The first kappa shape index (κ1) is 16.6. The first-order chi connectivity index (χ1) is 11.8. The Labute approximate surface area is 143 Å². The Balaban J connectivity index is 1.86. The summed E-state index contributed by atoms with van der Waals surface area (Å²) in [6.45, 7) is 4.56. The Kier molecular flexibility index (Phi) is 5.54. The van der Waals surface area contributed by atoms with Gasteiger partial charge in [0, 0.05) is 18.3 Å². The van der Waals surface area contributed by atoms with Crippen LogP contribution in [0.25, 0.3) is 0 Å². The van der Waals surface area contributed by atoms with Crippen LogP contribution >= 0.6 is 0 Å². The summed E-state index contributed by atoms with van der Waals surface area (Å²) in [6, 6.07) is 12.2. The van der Waals surface area contributed by atoms with Crippen LogP contribution in [0.5, 0.6) is 0 Å². The highest BCUT2D eigenvalue weighted by molar-refractivity contribution is 5.92. The zero-order chi connectivity index (χ0) is 16.8. The number of amides is 1. The Hall–Kier alpha value is -2.27. The minimum Gasteiger partial charge on any atom is -0.330 e. The Bertz CT molecular complexity index is 668. The van der Waals surface area contributed by atoms with Gasteiger partial charge in [-0.2, -0.15) is 0 Å². The fraction of sp³-hybridized carbons (Fsp3) is 0.421. The lowest BCUT2D eigenvalue weighted by molar-refractivity contribution is 0.0616. The third-order valence-corrected chi connectivity index (χ3v) is 4.51. The first-order valence-corrected chi connectivity index (χ1v) is 8.64. The topological polar surface area (TPSA) is 58.1 Å². The molecule has 0 aliphatic carbocycles. The third kappa shape index (κ3) is 3.97. The molecule has 126 valence electrons. The highest BCUT2D eigenvalue weighted by atomic mass is 16.2. The van der Waals surface area contributed by atoms with Gasteiger partial charge < -0.3 is 10.2 Å². The average Bonchev–Trinajstić information content (AvgIpc) is 2.67. The number of hydrogen-bond donors (Lipinski definition) is 1. The molecular weight excluding hydrogens is 300 g/mol. The molecule has 1 N–H and O–H groups in total. The smallest absolute Gasteiger partial charge is 0.273 e. The van der Waals surface area contributed by atoms with E-state index in [2.05, 4.69) is 27.4 Å². The maximum atomic E-state index is 13.1. The van der Waals surface area contributed by atoms with Crippen molar-refractivity contribution in [3.63, 3.8) is 0 Å². The zero-order valence-electron chi connectivity index (χ0n) is 14.1. The van der Waals surface area contributed by atoms with Crippen LogP contribution in [0.2, 0.25) is 0 Å². The zero-order valence-corrected chi connectivity index (χ0v) is 14.1. The van der Waals surface area contributed by atoms with Crippen molar-refractivity contribution in [3.05, 3.63) is 59.7 Å². The van der Waals surface area contributed by atoms with E-state index in [-0.39, 0.29) is 11.9 Å². The molecule has 1 amide bonds. The molecule has 1 aromatic carbocycles. The Morgan fingerprint density at radius 3 is 2.67 bits per heavy atom. The fourth-order valence-corrected chi connectivity index (χ4v) is 3.12. The number of benzene rings is 1. The van der Waals surface area contributed by atoms with Crippen molar-refractivity contribution in [1.29, 1.82) is 0 Å². The van der Waals surface area contributed by atoms with Gasteiger partial charge in [-0.05, 0) is 44.0 Å². The molecule has 2 heterocycles. The van der Waals surface area contributed by atoms with Crippen LogP contribution in [0.4, 0.5) is 0 Å². The van der Waals surface area contributed by atoms with Crippen molar-refractivity contribution < 1.29 is 4.79 Å². The van der Waals surface area contributed by atoms with Gasteiger partial charge in [-0.3, -0.25) is 4.79 Å². The lowest BCUT2D eigenvalue weighted by Gasteiger charge is -2.34. The summed E-state index contributed by atoms with van der Waals surface area (Å²) < 4.78 is 0. The van der Waals surface area contributed by atoms with Gasteiger partial charge in [-0.1, -0.05) is 37.3 Å². The van der Waals surface area contributed by atoms with E-state index in [9.17, 15) is 4.79 Å². The van der Waals surface area contributed by atoms with Gasteiger partial charge in [0.05, 0.1) is 0 Å². The number of aryl methyl sites for hydroxylation is 1. The van der Waals surface area contributed by atoms with Gasteiger partial charge in [0.2, 0.25) is 0 Å². The standard InChI is InChI=1S/C19H24N4O/c1-2-16-12-18(22-14-21-16)19(24)23(17-8-10-20-11-9-17)13-15-6-4-3-5-7-15/h3-7,12,14,17,20H,2,8-11,13H2,1H3. The van der Waals surface area contributed by atoms with Crippen molar-refractivity contribution in [2.45, 2.75) is 38.8 Å². The molecule has 2 aromatic rings. The quantitative estimate of drug-likeness (QED) is 0.918. The predicted octanol–water partition coefficient (Wildman–Crippen LogP) is 2.43. The molecule has 1 aliphatic heterocycles.